The lowest BCUT2D eigenvalue weighted by atomic mass is 9.84. The number of piperidine rings is 1. The van der Waals surface area contributed by atoms with Gasteiger partial charge in [0.2, 0.25) is 0 Å². The molecule has 1 aromatic carbocycles. The lowest BCUT2D eigenvalue weighted by molar-refractivity contribution is -0.122. The van der Waals surface area contributed by atoms with E-state index in [1.165, 1.54) is 30.7 Å². The maximum Gasteiger partial charge on any atom is 0.293 e. The molecule has 3 aromatic rings. The number of aliphatic hydroxyl groups excluding tert-OH is 1. The van der Waals surface area contributed by atoms with Crippen molar-refractivity contribution in [1.29, 1.82) is 5.26 Å². The van der Waals surface area contributed by atoms with Crippen molar-refractivity contribution in [3.8, 4) is 11.8 Å². The molecule has 0 unspecified atom stereocenters. The third-order valence-electron chi connectivity index (χ3n) is 7.08. The van der Waals surface area contributed by atoms with E-state index < -0.39 is 23.3 Å². The zero-order chi connectivity index (χ0) is 29.2. The Bertz CT molecular complexity index is 1540. The van der Waals surface area contributed by atoms with Gasteiger partial charge in [-0.25, -0.2) is 13.8 Å². The molecule has 2 aromatic heterocycles. The van der Waals surface area contributed by atoms with Crippen LogP contribution in [0.4, 0.5) is 26.1 Å². The number of hydrogen-bond donors (Lipinski definition) is 3. The van der Waals surface area contributed by atoms with E-state index in [0.717, 1.165) is 0 Å². The first-order valence-electron chi connectivity index (χ1n) is 12.6. The molecule has 0 spiro atoms. The number of aryl methyl sites for hydroxylation is 1. The number of nitriles is 1. The van der Waals surface area contributed by atoms with Crippen molar-refractivity contribution in [1.82, 2.24) is 14.9 Å². The van der Waals surface area contributed by atoms with Crippen molar-refractivity contribution in [3.05, 3.63) is 51.3 Å². The molecule has 2 atom stereocenters. The van der Waals surface area contributed by atoms with Crippen LogP contribution in [0, 0.1) is 23.2 Å². The minimum Gasteiger partial charge on any atom is -0.478 e. The van der Waals surface area contributed by atoms with E-state index in [9.17, 15) is 28.7 Å². The Kier molecular flexibility index (Phi) is 8.46. The summed E-state index contributed by atoms with van der Waals surface area (Å²) in [6.45, 7) is 0.637. The number of halogens is 3. The highest BCUT2D eigenvalue weighted by Gasteiger charge is 2.49. The lowest BCUT2D eigenvalue weighted by Crippen LogP contribution is -2.53. The summed E-state index contributed by atoms with van der Waals surface area (Å²) < 4.78 is 36.3. The second-order valence-electron chi connectivity index (χ2n) is 9.72. The summed E-state index contributed by atoms with van der Waals surface area (Å²) in [7, 11) is 3.05. The predicted octanol–water partition coefficient (Wildman–Crippen LogP) is 3.42. The zero-order valence-corrected chi connectivity index (χ0v) is 22.9. The second-order valence-corrected chi connectivity index (χ2v) is 10.1. The Balaban J connectivity index is 1.68. The molecule has 3 N–H and O–H groups in total. The predicted molar refractivity (Wildman–Crippen MR) is 148 cm³/mol. The molecule has 3 heterocycles. The summed E-state index contributed by atoms with van der Waals surface area (Å²) in [6.07, 6.45) is -0.0805. The Morgan fingerprint density at radius 1 is 1.32 bits per heavy atom. The molecular weight excluding hydrogens is 546 g/mol. The van der Waals surface area contributed by atoms with E-state index in [-0.39, 0.29) is 66.6 Å². The lowest BCUT2D eigenvalue weighted by Gasteiger charge is -2.43. The van der Waals surface area contributed by atoms with E-state index in [0.29, 0.717) is 16.6 Å². The summed E-state index contributed by atoms with van der Waals surface area (Å²) in [5.41, 5.74) is 0.896. The third kappa shape index (κ3) is 5.66. The smallest absolute Gasteiger partial charge is 0.293 e. The van der Waals surface area contributed by atoms with Gasteiger partial charge in [0.1, 0.15) is 11.9 Å². The van der Waals surface area contributed by atoms with Crippen LogP contribution in [0.2, 0.25) is 5.02 Å². The standard InChI is InChI=1S/C27H29ClF2N6O4/c1-15-12-36(13-18(6-7-37)27(15,29)30)25-17(11-31)9-20(28)24(34-25)33-19-4-5-21-16(8-19)10-22(26(39)35(21)3)40-14-23(38)32-2/h4-5,8-10,15,18,37H,6-7,12-14H2,1-3H3,(H,32,38)(H,33,34)/t15-,18+/m1/s1. The molecule has 0 aliphatic carbocycles. The van der Waals surface area contributed by atoms with Crippen molar-refractivity contribution in [2.24, 2.45) is 18.9 Å². The van der Waals surface area contributed by atoms with Gasteiger partial charge in [0, 0.05) is 56.7 Å². The number of aliphatic hydroxyl groups is 1. The van der Waals surface area contributed by atoms with Gasteiger partial charge < -0.3 is 29.9 Å². The van der Waals surface area contributed by atoms with Gasteiger partial charge in [-0.2, -0.15) is 5.26 Å². The number of ether oxygens (including phenoxy) is 1. The van der Waals surface area contributed by atoms with Gasteiger partial charge in [0.15, 0.2) is 18.2 Å². The normalized spacial score (nSPS) is 18.3. The number of likely N-dealkylation sites (N-methyl/N-ethyl adjacent to an activating group) is 1. The van der Waals surface area contributed by atoms with Crippen LogP contribution in [0.15, 0.2) is 35.1 Å². The molecule has 0 saturated carbocycles. The topological polar surface area (TPSA) is 133 Å². The van der Waals surface area contributed by atoms with Crippen LogP contribution >= 0.6 is 11.6 Å². The molecule has 1 saturated heterocycles. The summed E-state index contributed by atoms with van der Waals surface area (Å²) in [5, 5.41) is 25.4. The highest BCUT2D eigenvalue weighted by atomic mass is 35.5. The second kappa shape index (κ2) is 11.7. The summed E-state index contributed by atoms with van der Waals surface area (Å²) >= 11 is 6.44. The van der Waals surface area contributed by atoms with Crippen LogP contribution in [0.1, 0.15) is 18.9 Å². The number of pyridine rings is 2. The number of anilines is 3. The summed E-state index contributed by atoms with van der Waals surface area (Å²) in [5.74, 6) is -5.05. The number of benzene rings is 1. The van der Waals surface area contributed by atoms with Gasteiger partial charge in [-0.15, -0.1) is 0 Å². The number of hydrogen-bond acceptors (Lipinski definition) is 8. The van der Waals surface area contributed by atoms with Gasteiger partial charge in [-0.1, -0.05) is 18.5 Å². The van der Waals surface area contributed by atoms with E-state index in [4.69, 9.17) is 16.3 Å². The average Bonchev–Trinajstić information content (AvgIpc) is 2.93. The van der Waals surface area contributed by atoms with Crippen LogP contribution < -0.4 is 25.8 Å². The number of fused-ring (bicyclic) bond motifs is 1. The number of aromatic nitrogens is 2. The quantitative estimate of drug-likeness (QED) is 0.373. The maximum atomic E-state index is 14.8. The van der Waals surface area contributed by atoms with Crippen LogP contribution in [0.25, 0.3) is 10.9 Å². The number of nitrogens with one attached hydrogen (secondary N) is 2. The van der Waals surface area contributed by atoms with Gasteiger partial charge in [-0.05, 0) is 36.8 Å². The first-order chi connectivity index (χ1) is 19.0. The third-order valence-corrected chi connectivity index (χ3v) is 7.37. The molecule has 1 aliphatic heterocycles. The van der Waals surface area contributed by atoms with Crippen LogP contribution in [0.3, 0.4) is 0 Å². The highest BCUT2D eigenvalue weighted by Crippen LogP contribution is 2.42. The number of carbonyl (C=O) groups excluding carboxylic acids is 1. The van der Waals surface area contributed by atoms with Crippen molar-refractivity contribution < 1.29 is 23.4 Å². The minimum absolute atomic E-state index is 0.000945. The molecule has 1 aliphatic rings. The minimum atomic E-state index is -2.96. The monoisotopic (exact) mass is 574 g/mol. The number of amides is 1. The molecule has 0 bridgehead atoms. The van der Waals surface area contributed by atoms with Gasteiger partial charge in [-0.3, -0.25) is 9.59 Å². The number of nitrogens with zero attached hydrogens (tertiary/aromatic N) is 4. The van der Waals surface area contributed by atoms with Crippen molar-refractivity contribution in [2.45, 2.75) is 19.3 Å². The first-order valence-corrected chi connectivity index (χ1v) is 13.0. The van der Waals surface area contributed by atoms with Crippen molar-refractivity contribution >= 4 is 45.7 Å². The van der Waals surface area contributed by atoms with E-state index in [2.05, 4.69) is 15.6 Å². The van der Waals surface area contributed by atoms with E-state index in [1.807, 2.05) is 6.07 Å². The largest absolute Gasteiger partial charge is 0.478 e. The molecule has 40 heavy (non-hydrogen) atoms. The Hall–Kier alpha value is -3.95. The molecule has 13 heteroatoms. The first kappa shape index (κ1) is 29.0. The molecule has 0 radical (unpaired) electrons. The zero-order valence-electron chi connectivity index (χ0n) is 22.2. The number of rotatable bonds is 8. The molecule has 1 fully saturated rings. The average molecular weight is 575 g/mol. The van der Waals surface area contributed by atoms with Gasteiger partial charge in [0.25, 0.3) is 17.4 Å². The van der Waals surface area contributed by atoms with E-state index >= 15 is 0 Å². The number of carbonyl (C=O) groups is 1. The van der Waals surface area contributed by atoms with E-state index in [1.54, 1.807) is 30.1 Å². The summed E-state index contributed by atoms with van der Waals surface area (Å²) in [6, 6.07) is 10.2. The molecule has 4 rings (SSSR count). The SMILES string of the molecule is CNC(=O)COc1cc2cc(Nc3nc(N4C[C@H](CCO)C(F)(F)[C@H](C)C4)c(C#N)cc3Cl)ccc2n(C)c1=O. The van der Waals surface area contributed by atoms with Crippen LogP contribution in [-0.4, -0.2) is 59.8 Å². The molecule has 212 valence electrons. The number of alkyl halides is 2. The van der Waals surface area contributed by atoms with Gasteiger partial charge >= 0.3 is 0 Å². The van der Waals surface area contributed by atoms with Crippen LogP contribution in [-0.2, 0) is 11.8 Å². The van der Waals surface area contributed by atoms with Crippen molar-refractivity contribution in [2.75, 3.05) is 43.6 Å². The fourth-order valence-corrected chi connectivity index (χ4v) is 5.00. The Labute approximate surface area is 234 Å². The maximum absolute atomic E-state index is 14.8. The highest BCUT2D eigenvalue weighted by molar-refractivity contribution is 6.33. The fourth-order valence-electron chi connectivity index (χ4n) is 4.81. The Morgan fingerprint density at radius 2 is 2.08 bits per heavy atom. The molecule has 1 amide bonds. The van der Waals surface area contributed by atoms with Crippen LogP contribution in [0.5, 0.6) is 5.75 Å². The summed E-state index contributed by atoms with van der Waals surface area (Å²) in [4.78, 5) is 30.4. The van der Waals surface area contributed by atoms with Gasteiger partial charge in [0.05, 0.1) is 16.1 Å². The molecular formula is C27H29ClF2N6O4. The fraction of sp³-hybridized carbons (Fsp3) is 0.407. The Morgan fingerprint density at radius 3 is 2.75 bits per heavy atom. The van der Waals surface area contributed by atoms with Crippen molar-refractivity contribution in [3.63, 3.8) is 0 Å². The molecule has 10 nitrogen and oxygen atoms in total.